The van der Waals surface area contributed by atoms with E-state index >= 15 is 0 Å². The summed E-state index contributed by atoms with van der Waals surface area (Å²) in [6, 6.07) is 7.84. The van der Waals surface area contributed by atoms with Crippen LogP contribution in [0.5, 0.6) is 0 Å². The summed E-state index contributed by atoms with van der Waals surface area (Å²) < 4.78 is 5.31. The summed E-state index contributed by atoms with van der Waals surface area (Å²) in [6.07, 6.45) is 0.758. The maximum atomic E-state index is 11.9. The lowest BCUT2D eigenvalue weighted by Crippen LogP contribution is -2.42. The van der Waals surface area contributed by atoms with Gasteiger partial charge in [-0.1, -0.05) is 29.7 Å². The van der Waals surface area contributed by atoms with Gasteiger partial charge in [0.05, 0.1) is 13.2 Å². The monoisotopic (exact) mass is 228 g/mol. The molecule has 0 saturated carbocycles. The molecule has 1 unspecified atom stereocenters. The normalized spacial score (nSPS) is 27.3. The van der Waals surface area contributed by atoms with Crippen LogP contribution in [0.4, 0.5) is 0 Å². The lowest BCUT2D eigenvalue weighted by molar-refractivity contribution is -0.115. The average molecular weight is 228 g/mol. The van der Waals surface area contributed by atoms with Crippen molar-refractivity contribution < 1.29 is 9.53 Å². The van der Waals surface area contributed by atoms with Gasteiger partial charge in [-0.2, -0.15) is 0 Å². The first-order valence-corrected chi connectivity index (χ1v) is 5.76. The Morgan fingerprint density at radius 3 is 2.76 bits per heavy atom. The Kier molecular flexibility index (Phi) is 2.29. The number of amides is 1. The zero-order valence-electron chi connectivity index (χ0n) is 9.69. The molecule has 1 atom stereocenters. The Hall–Kier alpha value is -1.62. The minimum atomic E-state index is -0.503. The molecule has 1 amide bonds. The molecule has 1 saturated heterocycles. The SMILES string of the molecule is Bc1ccc(C2=NC3(CCOC3)NC2=O)cc1. The van der Waals surface area contributed by atoms with Gasteiger partial charge >= 0.3 is 0 Å². The van der Waals surface area contributed by atoms with E-state index < -0.39 is 5.66 Å². The molecule has 1 fully saturated rings. The molecule has 0 radical (unpaired) electrons. The van der Waals surface area contributed by atoms with E-state index in [4.69, 9.17) is 4.74 Å². The predicted octanol–water partition coefficient (Wildman–Crippen LogP) is -1.02. The van der Waals surface area contributed by atoms with Crippen LogP contribution in [0.25, 0.3) is 0 Å². The highest BCUT2D eigenvalue weighted by atomic mass is 16.5. The molecule has 0 bridgehead atoms. The molecule has 1 N–H and O–H groups in total. The van der Waals surface area contributed by atoms with E-state index in [0.29, 0.717) is 18.9 Å². The first-order valence-electron chi connectivity index (χ1n) is 5.76. The lowest BCUT2D eigenvalue weighted by Gasteiger charge is -2.16. The summed E-state index contributed by atoms with van der Waals surface area (Å²) in [4.78, 5) is 16.5. The highest BCUT2D eigenvalue weighted by Crippen LogP contribution is 2.25. The van der Waals surface area contributed by atoms with Gasteiger partial charge < -0.3 is 10.1 Å². The van der Waals surface area contributed by atoms with Crippen molar-refractivity contribution in [3.63, 3.8) is 0 Å². The number of carbonyl (C=O) groups is 1. The van der Waals surface area contributed by atoms with Crippen molar-refractivity contribution in [1.29, 1.82) is 0 Å². The smallest absolute Gasteiger partial charge is 0.272 e. The standard InChI is InChI=1S/C12H13BN2O2/c13-9-3-1-8(2-4-9)10-11(16)15-12(14-10)5-6-17-7-12/h1-4H,5-7,13H2,(H,15,16). The van der Waals surface area contributed by atoms with Crippen molar-refractivity contribution in [2.45, 2.75) is 12.1 Å². The third kappa shape index (κ3) is 1.76. The quantitative estimate of drug-likeness (QED) is 0.625. The molecule has 2 aliphatic rings. The fraction of sp³-hybridized carbons (Fsp3) is 0.333. The Labute approximate surface area is 100 Å². The maximum Gasteiger partial charge on any atom is 0.272 e. The number of benzene rings is 1. The molecule has 1 aromatic carbocycles. The van der Waals surface area contributed by atoms with Crippen molar-refractivity contribution in [2.75, 3.05) is 13.2 Å². The first kappa shape index (κ1) is 10.5. The van der Waals surface area contributed by atoms with Gasteiger partial charge in [0.2, 0.25) is 0 Å². The molecule has 17 heavy (non-hydrogen) atoms. The third-order valence-corrected chi connectivity index (χ3v) is 3.21. The number of aliphatic imine (C=N–C) groups is 1. The van der Waals surface area contributed by atoms with Crippen LogP contribution in [-0.4, -0.2) is 38.3 Å². The first-order chi connectivity index (χ1) is 8.19. The average Bonchev–Trinajstić information content (AvgIpc) is 2.88. The van der Waals surface area contributed by atoms with Gasteiger partial charge in [0, 0.05) is 12.0 Å². The summed E-state index contributed by atoms with van der Waals surface area (Å²) in [7, 11) is 2.02. The minimum absolute atomic E-state index is 0.0978. The van der Waals surface area contributed by atoms with E-state index in [1.54, 1.807) is 0 Å². The zero-order valence-corrected chi connectivity index (χ0v) is 9.69. The van der Waals surface area contributed by atoms with Crippen LogP contribution in [0.1, 0.15) is 12.0 Å². The Morgan fingerprint density at radius 1 is 1.35 bits per heavy atom. The topological polar surface area (TPSA) is 50.7 Å². The molecule has 4 nitrogen and oxygen atoms in total. The largest absolute Gasteiger partial charge is 0.377 e. The van der Waals surface area contributed by atoms with Crippen LogP contribution in [0.15, 0.2) is 29.3 Å². The molecule has 86 valence electrons. The molecule has 2 aliphatic heterocycles. The van der Waals surface area contributed by atoms with Gasteiger partial charge in [0.15, 0.2) is 5.66 Å². The summed E-state index contributed by atoms with van der Waals surface area (Å²) in [5.41, 5.74) is 2.07. The van der Waals surface area contributed by atoms with Gasteiger partial charge in [0.1, 0.15) is 13.6 Å². The van der Waals surface area contributed by atoms with E-state index in [1.807, 2.05) is 32.1 Å². The molecule has 1 spiro atoms. The molecule has 0 aliphatic carbocycles. The zero-order chi connectivity index (χ0) is 11.9. The number of hydrogen-bond donors (Lipinski definition) is 1. The number of carbonyl (C=O) groups excluding carboxylic acids is 1. The number of ether oxygens (including phenoxy) is 1. The van der Waals surface area contributed by atoms with Crippen LogP contribution in [0.2, 0.25) is 0 Å². The van der Waals surface area contributed by atoms with E-state index in [9.17, 15) is 4.79 Å². The van der Waals surface area contributed by atoms with Crippen molar-refractivity contribution in [3.8, 4) is 0 Å². The highest BCUT2D eigenvalue weighted by Gasteiger charge is 2.42. The Bertz CT molecular complexity index is 490. The highest BCUT2D eigenvalue weighted by molar-refractivity contribution is 6.47. The molecule has 2 heterocycles. The number of hydrogen-bond acceptors (Lipinski definition) is 3. The third-order valence-electron chi connectivity index (χ3n) is 3.21. The van der Waals surface area contributed by atoms with E-state index in [-0.39, 0.29) is 5.91 Å². The second-order valence-electron chi connectivity index (χ2n) is 4.61. The number of nitrogens with zero attached hydrogens (tertiary/aromatic N) is 1. The van der Waals surface area contributed by atoms with E-state index in [2.05, 4.69) is 10.3 Å². The predicted molar refractivity (Wildman–Crippen MR) is 67.5 cm³/mol. The van der Waals surface area contributed by atoms with E-state index in [0.717, 1.165) is 12.0 Å². The number of nitrogens with one attached hydrogen (secondary N) is 1. The lowest BCUT2D eigenvalue weighted by atomic mass is 9.94. The Balaban J connectivity index is 1.97. The molecule has 5 heteroatoms. The Morgan fingerprint density at radius 2 is 2.12 bits per heavy atom. The molecular formula is C12H13BN2O2. The second-order valence-corrected chi connectivity index (χ2v) is 4.61. The van der Waals surface area contributed by atoms with Crippen molar-refractivity contribution >= 4 is 24.9 Å². The molecule has 1 aromatic rings. The van der Waals surface area contributed by atoms with Gasteiger partial charge in [-0.15, -0.1) is 0 Å². The van der Waals surface area contributed by atoms with Gasteiger partial charge in [-0.3, -0.25) is 4.79 Å². The van der Waals surface area contributed by atoms with Gasteiger partial charge in [0.25, 0.3) is 5.91 Å². The summed E-state index contributed by atoms with van der Waals surface area (Å²) in [5.74, 6) is -0.0978. The molecule has 0 aromatic heterocycles. The van der Waals surface area contributed by atoms with Crippen molar-refractivity contribution in [2.24, 2.45) is 4.99 Å². The molecular weight excluding hydrogens is 215 g/mol. The van der Waals surface area contributed by atoms with Crippen LogP contribution >= 0.6 is 0 Å². The van der Waals surface area contributed by atoms with Gasteiger partial charge in [-0.05, 0) is 0 Å². The van der Waals surface area contributed by atoms with Crippen molar-refractivity contribution in [1.82, 2.24) is 5.32 Å². The fourth-order valence-corrected chi connectivity index (χ4v) is 2.21. The summed E-state index contributed by atoms with van der Waals surface area (Å²) in [5, 5.41) is 2.92. The number of rotatable bonds is 1. The minimum Gasteiger partial charge on any atom is -0.377 e. The fourth-order valence-electron chi connectivity index (χ4n) is 2.21. The molecule has 3 rings (SSSR count). The van der Waals surface area contributed by atoms with Crippen LogP contribution in [0.3, 0.4) is 0 Å². The van der Waals surface area contributed by atoms with E-state index in [1.165, 1.54) is 5.46 Å². The van der Waals surface area contributed by atoms with Crippen molar-refractivity contribution in [3.05, 3.63) is 29.8 Å². The van der Waals surface area contributed by atoms with Crippen LogP contribution in [-0.2, 0) is 9.53 Å². The van der Waals surface area contributed by atoms with Gasteiger partial charge in [-0.25, -0.2) is 4.99 Å². The van der Waals surface area contributed by atoms with Crippen LogP contribution in [0, 0.1) is 0 Å². The second kappa shape index (κ2) is 3.70. The summed E-state index contributed by atoms with van der Waals surface area (Å²) in [6.45, 7) is 1.14. The van der Waals surface area contributed by atoms with Crippen LogP contribution < -0.4 is 10.8 Å². The maximum absolute atomic E-state index is 11.9. The summed E-state index contributed by atoms with van der Waals surface area (Å²) >= 11 is 0.